The van der Waals surface area contributed by atoms with Crippen LogP contribution in [0.4, 0.5) is 13.2 Å². The van der Waals surface area contributed by atoms with Crippen molar-refractivity contribution in [2.45, 2.75) is 12.6 Å². The zero-order valence-corrected chi connectivity index (χ0v) is 4.78. The number of hydrogen-bond donors (Lipinski definition) is 0. The SMILES string of the molecule is C=CC=CCC(F)(F)F. The summed E-state index contributed by atoms with van der Waals surface area (Å²) in [5.74, 6) is 0. The molecule has 9 heavy (non-hydrogen) atoms. The first-order valence-corrected chi connectivity index (χ1v) is 2.40. The summed E-state index contributed by atoms with van der Waals surface area (Å²) in [5, 5.41) is 0. The maximum Gasteiger partial charge on any atom is 0.392 e. The Hall–Kier alpha value is -0.730. The Labute approximate surface area is 51.7 Å². The lowest BCUT2D eigenvalue weighted by Crippen LogP contribution is -2.03. The second kappa shape index (κ2) is 3.33. The number of alkyl halides is 3. The Morgan fingerprint density at radius 3 is 2.22 bits per heavy atom. The van der Waals surface area contributed by atoms with E-state index in [-0.39, 0.29) is 0 Å². The van der Waals surface area contributed by atoms with Crippen LogP contribution in [0.1, 0.15) is 6.42 Å². The molecule has 0 aromatic rings. The number of allylic oxidation sites excluding steroid dienone is 3. The molecular weight excluding hydrogens is 129 g/mol. The smallest absolute Gasteiger partial charge is 0.171 e. The van der Waals surface area contributed by atoms with Crippen LogP contribution in [0, 0.1) is 0 Å². The number of hydrogen-bond acceptors (Lipinski definition) is 0. The van der Waals surface area contributed by atoms with Crippen molar-refractivity contribution in [3.05, 3.63) is 24.8 Å². The highest BCUT2D eigenvalue weighted by Gasteiger charge is 2.24. The summed E-state index contributed by atoms with van der Waals surface area (Å²) in [6, 6.07) is 0. The second-order valence-corrected chi connectivity index (χ2v) is 1.48. The van der Waals surface area contributed by atoms with Gasteiger partial charge in [-0.05, 0) is 0 Å². The van der Waals surface area contributed by atoms with Gasteiger partial charge in [0.1, 0.15) is 0 Å². The molecule has 0 unspecified atom stereocenters. The van der Waals surface area contributed by atoms with Gasteiger partial charge >= 0.3 is 6.18 Å². The summed E-state index contributed by atoms with van der Waals surface area (Å²) in [4.78, 5) is 0. The molecule has 0 amide bonds. The second-order valence-electron chi connectivity index (χ2n) is 1.48. The summed E-state index contributed by atoms with van der Waals surface area (Å²) >= 11 is 0. The van der Waals surface area contributed by atoms with E-state index in [0.717, 1.165) is 6.08 Å². The third-order valence-corrected chi connectivity index (χ3v) is 0.621. The Bertz CT molecular complexity index is 110. The van der Waals surface area contributed by atoms with Gasteiger partial charge in [0.25, 0.3) is 0 Å². The topological polar surface area (TPSA) is 0 Å². The Balaban J connectivity index is 3.50. The van der Waals surface area contributed by atoms with Crippen LogP contribution in [0.2, 0.25) is 0 Å². The van der Waals surface area contributed by atoms with Crippen LogP contribution in [0.15, 0.2) is 24.8 Å². The summed E-state index contributed by atoms with van der Waals surface area (Å²) < 4.78 is 33.9. The zero-order chi connectivity index (χ0) is 7.33. The van der Waals surface area contributed by atoms with E-state index < -0.39 is 12.6 Å². The summed E-state index contributed by atoms with van der Waals surface area (Å²) in [6.45, 7) is 3.23. The molecule has 0 aromatic carbocycles. The largest absolute Gasteiger partial charge is 0.392 e. The summed E-state index contributed by atoms with van der Waals surface area (Å²) in [6.07, 6.45) is -1.36. The lowest BCUT2D eigenvalue weighted by Gasteiger charge is -1.98. The highest BCUT2D eigenvalue weighted by molar-refractivity contribution is 4.97. The molecule has 0 nitrogen and oxygen atoms in total. The van der Waals surface area contributed by atoms with Gasteiger partial charge in [0.2, 0.25) is 0 Å². The lowest BCUT2D eigenvalue weighted by molar-refractivity contribution is -0.125. The van der Waals surface area contributed by atoms with Crippen molar-refractivity contribution in [3.63, 3.8) is 0 Å². The maximum absolute atomic E-state index is 11.3. The number of rotatable bonds is 2. The molecule has 0 bridgehead atoms. The minimum atomic E-state index is -4.08. The molecule has 0 spiro atoms. The molecule has 0 saturated carbocycles. The Morgan fingerprint density at radius 1 is 1.33 bits per heavy atom. The molecule has 52 valence electrons. The van der Waals surface area contributed by atoms with E-state index in [2.05, 4.69) is 6.58 Å². The van der Waals surface area contributed by atoms with Gasteiger partial charge in [-0.25, -0.2) is 0 Å². The van der Waals surface area contributed by atoms with Gasteiger partial charge < -0.3 is 0 Å². The van der Waals surface area contributed by atoms with Crippen LogP contribution in [0.25, 0.3) is 0 Å². The summed E-state index contributed by atoms with van der Waals surface area (Å²) in [7, 11) is 0. The first-order chi connectivity index (χ1) is 4.06. The molecule has 3 heteroatoms. The predicted molar refractivity (Wildman–Crippen MR) is 30.0 cm³/mol. The molecule has 0 heterocycles. The zero-order valence-electron chi connectivity index (χ0n) is 4.78. The van der Waals surface area contributed by atoms with Crippen LogP contribution >= 0.6 is 0 Å². The van der Waals surface area contributed by atoms with E-state index in [4.69, 9.17) is 0 Å². The first kappa shape index (κ1) is 8.27. The molecule has 0 aliphatic rings. The molecule has 0 N–H and O–H groups in total. The van der Waals surface area contributed by atoms with Crippen LogP contribution < -0.4 is 0 Å². The Kier molecular flexibility index (Phi) is 3.06. The van der Waals surface area contributed by atoms with Crippen molar-refractivity contribution in [1.82, 2.24) is 0 Å². The van der Waals surface area contributed by atoms with Gasteiger partial charge in [0.05, 0.1) is 6.42 Å². The van der Waals surface area contributed by atoms with Crippen molar-refractivity contribution in [1.29, 1.82) is 0 Å². The van der Waals surface area contributed by atoms with Gasteiger partial charge in [-0.2, -0.15) is 13.2 Å². The number of halogens is 3. The molecule has 0 aliphatic heterocycles. The van der Waals surface area contributed by atoms with Gasteiger partial charge in [-0.1, -0.05) is 24.8 Å². The molecule has 0 fully saturated rings. The van der Waals surface area contributed by atoms with Crippen LogP contribution in [-0.2, 0) is 0 Å². The van der Waals surface area contributed by atoms with Gasteiger partial charge in [0, 0.05) is 0 Å². The van der Waals surface area contributed by atoms with Crippen molar-refractivity contribution >= 4 is 0 Å². The van der Waals surface area contributed by atoms with E-state index in [1.807, 2.05) is 0 Å². The monoisotopic (exact) mass is 136 g/mol. The minimum absolute atomic E-state index is 0.876. The standard InChI is InChI=1S/C6H7F3/c1-2-3-4-5-6(7,8)9/h2-4H,1,5H2. The predicted octanol–water partition coefficient (Wildman–Crippen LogP) is 2.68. The third-order valence-electron chi connectivity index (χ3n) is 0.621. The fourth-order valence-corrected chi connectivity index (χ4v) is 0.298. The molecule has 0 rings (SSSR count). The van der Waals surface area contributed by atoms with E-state index in [9.17, 15) is 13.2 Å². The average molecular weight is 136 g/mol. The molecule has 0 aromatic heterocycles. The highest BCUT2D eigenvalue weighted by Crippen LogP contribution is 2.19. The normalized spacial score (nSPS) is 12.3. The fraction of sp³-hybridized carbons (Fsp3) is 0.333. The van der Waals surface area contributed by atoms with Crippen LogP contribution in [0.3, 0.4) is 0 Å². The van der Waals surface area contributed by atoms with E-state index in [0.29, 0.717) is 0 Å². The van der Waals surface area contributed by atoms with Crippen molar-refractivity contribution in [2.75, 3.05) is 0 Å². The molecule has 0 radical (unpaired) electrons. The van der Waals surface area contributed by atoms with E-state index in [1.54, 1.807) is 0 Å². The molecule has 0 atom stereocenters. The minimum Gasteiger partial charge on any atom is -0.171 e. The molecule has 0 aliphatic carbocycles. The van der Waals surface area contributed by atoms with Crippen molar-refractivity contribution in [3.8, 4) is 0 Å². The Morgan fingerprint density at radius 2 is 1.89 bits per heavy atom. The highest BCUT2D eigenvalue weighted by atomic mass is 19.4. The average Bonchev–Trinajstić information content (AvgIpc) is 1.63. The summed E-state index contributed by atoms with van der Waals surface area (Å²) in [5.41, 5.74) is 0. The van der Waals surface area contributed by atoms with Gasteiger partial charge in [-0.15, -0.1) is 0 Å². The lowest BCUT2D eigenvalue weighted by atomic mass is 10.4. The molecule has 0 saturated heterocycles. The van der Waals surface area contributed by atoms with Crippen molar-refractivity contribution in [2.24, 2.45) is 0 Å². The maximum atomic E-state index is 11.3. The first-order valence-electron chi connectivity index (χ1n) is 2.40. The van der Waals surface area contributed by atoms with E-state index in [1.165, 1.54) is 12.2 Å². The third kappa shape index (κ3) is 7.27. The van der Waals surface area contributed by atoms with Crippen molar-refractivity contribution < 1.29 is 13.2 Å². The van der Waals surface area contributed by atoms with E-state index >= 15 is 0 Å². The quantitative estimate of drug-likeness (QED) is 0.512. The van der Waals surface area contributed by atoms with Crippen LogP contribution in [-0.4, -0.2) is 6.18 Å². The van der Waals surface area contributed by atoms with Crippen LogP contribution in [0.5, 0.6) is 0 Å². The van der Waals surface area contributed by atoms with Gasteiger partial charge in [0.15, 0.2) is 0 Å². The van der Waals surface area contributed by atoms with Gasteiger partial charge in [-0.3, -0.25) is 0 Å². The fourth-order valence-electron chi connectivity index (χ4n) is 0.298. The molecular formula is C6H7F3.